The molecular formula is C26H24N4O2. The summed E-state index contributed by atoms with van der Waals surface area (Å²) < 4.78 is 7.87. The first kappa shape index (κ1) is 20.0. The number of aromatic nitrogens is 3. The zero-order valence-electron chi connectivity index (χ0n) is 17.6. The lowest BCUT2D eigenvalue weighted by atomic mass is 9.94. The molecule has 1 aliphatic rings. The molecule has 1 saturated carbocycles. The molecule has 5 rings (SSSR count). The molecule has 1 aliphatic carbocycles. The molecule has 6 nitrogen and oxygen atoms in total. The van der Waals surface area contributed by atoms with Gasteiger partial charge < -0.3 is 10.5 Å². The van der Waals surface area contributed by atoms with E-state index in [0.29, 0.717) is 11.7 Å². The molecule has 160 valence electrons. The number of ether oxygens (including phenoxy) is 1. The fraction of sp³-hybridized carbons (Fsp3) is 0.192. The van der Waals surface area contributed by atoms with Gasteiger partial charge in [0.1, 0.15) is 29.6 Å². The van der Waals surface area contributed by atoms with E-state index >= 15 is 0 Å². The molecule has 6 heteroatoms. The quantitative estimate of drug-likeness (QED) is 0.320. The molecule has 0 atom stereocenters. The van der Waals surface area contributed by atoms with Gasteiger partial charge in [0.15, 0.2) is 5.82 Å². The van der Waals surface area contributed by atoms with Crippen molar-refractivity contribution < 1.29 is 9.53 Å². The van der Waals surface area contributed by atoms with Gasteiger partial charge >= 0.3 is 0 Å². The number of hydrogen-bond acceptors (Lipinski definition) is 5. The molecule has 2 aromatic heterocycles. The summed E-state index contributed by atoms with van der Waals surface area (Å²) in [6.45, 7) is 0. The number of allylic oxidation sites excluding steroid dienone is 1. The Hall–Kier alpha value is -3.93. The van der Waals surface area contributed by atoms with Crippen molar-refractivity contribution in [3.63, 3.8) is 0 Å². The fourth-order valence-electron chi connectivity index (χ4n) is 4.66. The molecular weight excluding hydrogens is 400 g/mol. The summed E-state index contributed by atoms with van der Waals surface area (Å²) in [6.07, 6.45) is 10.3. The van der Waals surface area contributed by atoms with Crippen LogP contribution in [0.25, 0.3) is 22.7 Å². The van der Waals surface area contributed by atoms with Gasteiger partial charge in [-0.2, -0.15) is 5.10 Å². The number of rotatable bonds is 6. The van der Waals surface area contributed by atoms with Crippen molar-refractivity contribution in [1.29, 1.82) is 0 Å². The predicted molar refractivity (Wildman–Crippen MR) is 126 cm³/mol. The van der Waals surface area contributed by atoms with Crippen molar-refractivity contribution in [2.24, 2.45) is 0 Å². The summed E-state index contributed by atoms with van der Waals surface area (Å²) in [5.41, 5.74) is 11.1. The Morgan fingerprint density at radius 2 is 1.72 bits per heavy atom. The van der Waals surface area contributed by atoms with Crippen molar-refractivity contribution in [1.82, 2.24) is 14.6 Å². The van der Waals surface area contributed by atoms with Gasteiger partial charge in [0.2, 0.25) is 0 Å². The Morgan fingerprint density at radius 1 is 1.00 bits per heavy atom. The standard InChI is InChI=1S/C26H24N4O2/c27-26-25-23(18-12-14-21(15-13-18)32-20-9-2-1-3-10-20)22(11-6-16-31)24(19-7-4-5-8-19)30(25)29-17-28-26/h1-3,6,9-17,19H,4-5,7-8H2,(H2,27,28,29)/b11-6+. The minimum absolute atomic E-state index is 0.373. The smallest absolute Gasteiger partial charge is 0.152 e. The van der Waals surface area contributed by atoms with Crippen LogP contribution < -0.4 is 10.5 Å². The molecule has 0 bridgehead atoms. The Bertz CT molecular complexity index is 1270. The van der Waals surface area contributed by atoms with E-state index in [4.69, 9.17) is 10.5 Å². The van der Waals surface area contributed by atoms with Crippen LogP contribution >= 0.6 is 0 Å². The lowest BCUT2D eigenvalue weighted by Gasteiger charge is -2.11. The Balaban J connectivity index is 1.66. The van der Waals surface area contributed by atoms with E-state index < -0.39 is 0 Å². The highest BCUT2D eigenvalue weighted by Crippen LogP contribution is 2.44. The number of fused-ring (bicyclic) bond motifs is 1. The van der Waals surface area contributed by atoms with E-state index in [0.717, 1.165) is 58.5 Å². The molecule has 0 amide bonds. The maximum Gasteiger partial charge on any atom is 0.152 e. The third-order valence-electron chi connectivity index (χ3n) is 6.03. The highest BCUT2D eigenvalue weighted by atomic mass is 16.5. The van der Waals surface area contributed by atoms with Crippen LogP contribution in [0.15, 0.2) is 67.0 Å². The van der Waals surface area contributed by atoms with Gasteiger partial charge in [0, 0.05) is 17.0 Å². The molecule has 0 radical (unpaired) electrons. The largest absolute Gasteiger partial charge is 0.457 e. The van der Waals surface area contributed by atoms with Gasteiger partial charge in [-0.1, -0.05) is 43.2 Å². The van der Waals surface area contributed by atoms with Crippen LogP contribution in [-0.2, 0) is 4.79 Å². The molecule has 32 heavy (non-hydrogen) atoms. The van der Waals surface area contributed by atoms with Crippen LogP contribution in [0.4, 0.5) is 5.82 Å². The average Bonchev–Trinajstić information content (AvgIpc) is 3.45. The van der Waals surface area contributed by atoms with Crippen molar-refractivity contribution in [2.45, 2.75) is 31.6 Å². The van der Waals surface area contributed by atoms with Crippen molar-refractivity contribution >= 4 is 23.7 Å². The number of aldehydes is 1. The number of hydrogen-bond donors (Lipinski definition) is 1. The van der Waals surface area contributed by atoms with Crippen molar-refractivity contribution in [3.8, 4) is 22.6 Å². The third kappa shape index (κ3) is 3.64. The SMILES string of the molecule is Nc1ncnn2c(C3CCCC3)c(/C=C/C=O)c(-c3ccc(Oc4ccccc4)cc3)c12. The summed E-state index contributed by atoms with van der Waals surface area (Å²) in [5, 5.41) is 4.55. The van der Waals surface area contributed by atoms with E-state index in [-0.39, 0.29) is 0 Å². The fourth-order valence-corrected chi connectivity index (χ4v) is 4.66. The highest BCUT2D eigenvalue weighted by molar-refractivity contribution is 5.96. The molecule has 1 fully saturated rings. The average molecular weight is 425 g/mol. The van der Waals surface area contributed by atoms with Gasteiger partial charge in [0.05, 0.1) is 5.69 Å². The lowest BCUT2D eigenvalue weighted by molar-refractivity contribution is -0.104. The minimum atomic E-state index is 0.373. The Labute approximate surface area is 186 Å². The van der Waals surface area contributed by atoms with Gasteiger partial charge in [-0.05, 0) is 54.8 Å². The number of para-hydroxylation sites is 1. The topological polar surface area (TPSA) is 82.5 Å². The second-order valence-electron chi connectivity index (χ2n) is 8.00. The summed E-state index contributed by atoms with van der Waals surface area (Å²) in [4.78, 5) is 15.5. The van der Waals surface area contributed by atoms with Gasteiger partial charge in [-0.25, -0.2) is 9.50 Å². The first-order chi connectivity index (χ1) is 15.8. The van der Waals surface area contributed by atoms with Gasteiger partial charge in [0.25, 0.3) is 0 Å². The molecule has 0 unspecified atom stereocenters. The minimum Gasteiger partial charge on any atom is -0.457 e. The number of carbonyl (C=O) groups is 1. The van der Waals surface area contributed by atoms with E-state index in [1.807, 2.05) is 65.2 Å². The number of carbonyl (C=O) groups excluding carboxylic acids is 1. The maximum atomic E-state index is 11.2. The first-order valence-corrected chi connectivity index (χ1v) is 10.9. The normalized spacial score (nSPS) is 14.4. The van der Waals surface area contributed by atoms with Crippen LogP contribution in [0.3, 0.4) is 0 Å². The molecule has 2 aromatic carbocycles. The maximum absolute atomic E-state index is 11.2. The van der Waals surface area contributed by atoms with E-state index in [9.17, 15) is 4.79 Å². The van der Waals surface area contributed by atoms with E-state index in [1.165, 1.54) is 25.2 Å². The van der Waals surface area contributed by atoms with Crippen LogP contribution in [0, 0.1) is 0 Å². The number of nitrogens with two attached hydrogens (primary N) is 1. The second kappa shape index (κ2) is 8.67. The highest BCUT2D eigenvalue weighted by Gasteiger charge is 2.28. The third-order valence-corrected chi connectivity index (χ3v) is 6.03. The lowest BCUT2D eigenvalue weighted by Crippen LogP contribution is -2.05. The Kier molecular flexibility index (Phi) is 5.42. The van der Waals surface area contributed by atoms with Gasteiger partial charge in [-0.15, -0.1) is 0 Å². The number of nitrogen functional groups attached to an aromatic ring is 1. The zero-order chi connectivity index (χ0) is 21.9. The second-order valence-corrected chi connectivity index (χ2v) is 8.00. The molecule has 0 spiro atoms. The number of anilines is 1. The summed E-state index contributed by atoms with van der Waals surface area (Å²) in [6, 6.07) is 17.6. The monoisotopic (exact) mass is 424 g/mol. The van der Waals surface area contributed by atoms with Crippen LogP contribution in [-0.4, -0.2) is 20.9 Å². The van der Waals surface area contributed by atoms with Crippen LogP contribution in [0.5, 0.6) is 11.5 Å². The number of nitrogens with zero attached hydrogens (tertiary/aromatic N) is 3. The summed E-state index contributed by atoms with van der Waals surface area (Å²) in [5.74, 6) is 2.32. The van der Waals surface area contributed by atoms with Crippen molar-refractivity contribution in [2.75, 3.05) is 5.73 Å². The predicted octanol–water partition coefficient (Wildman–Crippen LogP) is 5.64. The van der Waals surface area contributed by atoms with E-state index in [2.05, 4.69) is 10.1 Å². The van der Waals surface area contributed by atoms with E-state index in [1.54, 1.807) is 0 Å². The van der Waals surface area contributed by atoms with Crippen molar-refractivity contribution in [3.05, 3.63) is 78.3 Å². The van der Waals surface area contributed by atoms with Gasteiger partial charge in [-0.3, -0.25) is 4.79 Å². The molecule has 4 aromatic rings. The molecule has 2 N–H and O–H groups in total. The summed E-state index contributed by atoms with van der Waals surface area (Å²) >= 11 is 0. The number of benzene rings is 2. The van der Waals surface area contributed by atoms with Crippen LogP contribution in [0.1, 0.15) is 42.9 Å². The summed E-state index contributed by atoms with van der Waals surface area (Å²) in [7, 11) is 0. The zero-order valence-corrected chi connectivity index (χ0v) is 17.6. The molecule has 2 heterocycles. The molecule has 0 saturated heterocycles. The first-order valence-electron chi connectivity index (χ1n) is 10.9. The Morgan fingerprint density at radius 3 is 2.44 bits per heavy atom. The molecule has 0 aliphatic heterocycles. The van der Waals surface area contributed by atoms with Crippen LogP contribution in [0.2, 0.25) is 0 Å².